The smallest absolute Gasteiger partial charge is 0.744 e. The van der Waals surface area contributed by atoms with Crippen LogP contribution >= 0.6 is 23.2 Å². The number of nitrogens with zero attached hydrogens (tertiary/aromatic N) is 7. The third kappa shape index (κ3) is 8.49. The molecular weight excluding hydrogens is 665 g/mol. The van der Waals surface area contributed by atoms with Gasteiger partial charge in [-0.15, -0.1) is 0 Å². The van der Waals surface area contributed by atoms with Crippen molar-refractivity contribution in [3.8, 4) is 0 Å². The molecule has 1 aromatic heterocycles. The number of anilines is 3. The van der Waals surface area contributed by atoms with E-state index in [1.165, 1.54) is 6.07 Å². The first-order valence-electron chi connectivity index (χ1n) is 10.2. The standard InChI is InChI=1S/C19H12Cl2N8O9S2.2Na/c20-17-23-18(21)25-19(24-17)22-8-1-6-11(12(7-8)40(36,37)38)26-27-13-14(16(31)32)28-29(15(13)30)9-2-4-10(5-3-9)39(33,34)35;;/h1-7,13H,(H,31,32)(H,33,34,35)(H,36,37,38)(H,22,23,24,25);;/q;2*+1/p-2. The fraction of sp³-hybridized carbons (Fsp3) is 0.0526. The fourth-order valence-electron chi connectivity index (χ4n) is 3.15. The summed E-state index contributed by atoms with van der Waals surface area (Å²) in [6, 6.07) is 5.07. The Bertz CT molecular complexity index is 1810. The van der Waals surface area contributed by atoms with Gasteiger partial charge in [0, 0.05) is 5.69 Å². The molecule has 23 heteroatoms. The minimum atomic E-state index is -4.95. The number of carbonyl (C=O) groups excluding carboxylic acids is 2. The quantitative estimate of drug-likeness (QED) is 0.129. The monoisotopic (exact) mass is 674 g/mol. The van der Waals surface area contributed by atoms with E-state index in [1.807, 2.05) is 0 Å². The summed E-state index contributed by atoms with van der Waals surface area (Å²) in [7, 11) is -9.75. The number of hydrogen-bond acceptors (Lipinski definition) is 15. The molecule has 0 spiro atoms. The number of azo groups is 1. The van der Waals surface area contributed by atoms with Crippen LogP contribution in [0.3, 0.4) is 0 Å². The molecule has 2 heterocycles. The molecule has 0 fully saturated rings. The van der Waals surface area contributed by atoms with Gasteiger partial charge in [0.15, 0.2) is 6.04 Å². The summed E-state index contributed by atoms with van der Waals surface area (Å²) >= 11 is 11.4. The maximum Gasteiger partial charge on any atom is 1.00 e. The van der Waals surface area contributed by atoms with Crippen molar-refractivity contribution in [2.75, 3.05) is 10.3 Å². The van der Waals surface area contributed by atoms with E-state index < -0.39 is 59.3 Å². The summed E-state index contributed by atoms with van der Waals surface area (Å²) < 4.78 is 67.1. The average Bonchev–Trinajstić information content (AvgIpc) is 3.18. The summed E-state index contributed by atoms with van der Waals surface area (Å²) in [5.41, 5.74) is -1.53. The molecule has 0 aliphatic carbocycles. The molecule has 1 atom stereocenters. The van der Waals surface area contributed by atoms with Crippen LogP contribution in [0, 0.1) is 0 Å². The van der Waals surface area contributed by atoms with Crippen LogP contribution in [0.15, 0.2) is 67.6 Å². The van der Waals surface area contributed by atoms with Crippen molar-refractivity contribution in [1.82, 2.24) is 15.0 Å². The van der Waals surface area contributed by atoms with Crippen molar-refractivity contribution in [1.29, 1.82) is 0 Å². The first-order chi connectivity index (χ1) is 18.6. The van der Waals surface area contributed by atoms with Gasteiger partial charge >= 0.3 is 59.1 Å². The molecule has 208 valence electrons. The Hall–Kier alpha value is -2.14. The van der Waals surface area contributed by atoms with E-state index in [0.717, 1.165) is 36.4 Å². The van der Waals surface area contributed by atoms with Gasteiger partial charge < -0.3 is 19.8 Å². The van der Waals surface area contributed by atoms with Crippen LogP contribution in [0.4, 0.5) is 23.0 Å². The number of nitrogens with one attached hydrogen (secondary N) is 1. The maximum atomic E-state index is 12.9. The topological polar surface area (TPSA) is 260 Å². The molecule has 3 aromatic rings. The fourth-order valence-corrected chi connectivity index (χ4v) is 4.63. The second-order valence-corrected chi connectivity index (χ2v) is 10.9. The molecule has 1 aliphatic rings. The zero-order valence-electron chi connectivity index (χ0n) is 21.0. The van der Waals surface area contributed by atoms with Gasteiger partial charge in [0.25, 0.3) is 16.0 Å². The van der Waals surface area contributed by atoms with E-state index >= 15 is 0 Å². The summed E-state index contributed by atoms with van der Waals surface area (Å²) in [6.07, 6.45) is 0. The van der Waals surface area contributed by atoms with Crippen molar-refractivity contribution in [2.45, 2.75) is 15.8 Å². The zero-order valence-corrected chi connectivity index (χ0v) is 28.2. The predicted octanol–water partition coefficient (Wildman–Crippen LogP) is -5.31. The van der Waals surface area contributed by atoms with E-state index in [1.54, 1.807) is 0 Å². The van der Waals surface area contributed by atoms with E-state index in [0.29, 0.717) is 5.01 Å². The second kappa shape index (κ2) is 14.1. The molecule has 0 bridgehead atoms. The Labute approximate surface area is 290 Å². The normalized spacial score (nSPS) is 15.1. The van der Waals surface area contributed by atoms with Crippen LogP contribution in [0.5, 0.6) is 0 Å². The van der Waals surface area contributed by atoms with Crippen molar-refractivity contribution >= 4 is 84.0 Å². The molecule has 0 saturated heterocycles. The van der Waals surface area contributed by atoms with Crippen LogP contribution in [0.1, 0.15) is 0 Å². The van der Waals surface area contributed by atoms with Gasteiger partial charge in [-0.3, -0.25) is 9.35 Å². The molecule has 2 N–H and O–H groups in total. The van der Waals surface area contributed by atoms with Gasteiger partial charge in [-0.05, 0) is 65.7 Å². The molecular formula is C19H10Cl2N8Na2O9S2. The van der Waals surface area contributed by atoms with Crippen molar-refractivity contribution in [2.24, 2.45) is 15.3 Å². The number of rotatable bonds is 8. The van der Waals surface area contributed by atoms with Gasteiger partial charge in [-0.2, -0.15) is 43.7 Å². The molecule has 0 saturated carbocycles. The third-order valence-corrected chi connectivity index (χ3v) is 6.91. The summed E-state index contributed by atoms with van der Waals surface area (Å²) in [5.74, 6) is -3.17. The molecule has 2 aromatic carbocycles. The minimum Gasteiger partial charge on any atom is -0.744 e. The van der Waals surface area contributed by atoms with Gasteiger partial charge in [0.2, 0.25) is 16.5 Å². The largest absolute Gasteiger partial charge is 1.00 e. The number of halogens is 2. The number of benzene rings is 2. The Balaban J connectivity index is 0.00000308. The van der Waals surface area contributed by atoms with Gasteiger partial charge in [-0.25, -0.2) is 8.42 Å². The maximum absolute atomic E-state index is 12.9. The van der Waals surface area contributed by atoms with Crippen LogP contribution in [-0.2, 0) is 29.8 Å². The van der Waals surface area contributed by atoms with Crippen LogP contribution < -0.4 is 74.5 Å². The number of hydrazone groups is 1. The van der Waals surface area contributed by atoms with Crippen molar-refractivity contribution < 1.29 is 99.8 Å². The number of aromatic nitrogens is 3. The van der Waals surface area contributed by atoms with Crippen LogP contribution in [0.2, 0.25) is 10.6 Å². The molecule has 1 aliphatic heterocycles. The van der Waals surface area contributed by atoms with Gasteiger partial charge in [0.1, 0.15) is 26.4 Å². The van der Waals surface area contributed by atoms with Crippen LogP contribution in [-0.4, -0.2) is 64.5 Å². The van der Waals surface area contributed by atoms with Gasteiger partial charge in [-0.1, -0.05) is 0 Å². The number of aliphatic carboxylic acids is 1. The molecule has 0 radical (unpaired) electrons. The second-order valence-electron chi connectivity index (χ2n) is 7.47. The first-order valence-corrected chi connectivity index (χ1v) is 13.8. The van der Waals surface area contributed by atoms with Crippen molar-refractivity contribution in [3.63, 3.8) is 0 Å². The average molecular weight is 675 g/mol. The summed E-state index contributed by atoms with van der Waals surface area (Å²) in [4.78, 5) is 34.1. The minimum absolute atomic E-state index is 0. The van der Waals surface area contributed by atoms with Crippen molar-refractivity contribution in [3.05, 3.63) is 53.0 Å². The number of carboxylic acid groups (broad SMARTS) is 1. The number of carboxylic acids is 1. The Morgan fingerprint density at radius 3 is 2.12 bits per heavy atom. The van der Waals surface area contributed by atoms with Gasteiger partial charge in [0.05, 0.1) is 16.6 Å². The van der Waals surface area contributed by atoms with E-state index in [4.69, 9.17) is 23.2 Å². The number of carbonyl (C=O) groups is 2. The van der Waals surface area contributed by atoms with Crippen LogP contribution in [0.25, 0.3) is 0 Å². The molecule has 4 rings (SSSR count). The predicted molar refractivity (Wildman–Crippen MR) is 132 cm³/mol. The first kappa shape index (κ1) is 36.1. The molecule has 1 amide bonds. The Morgan fingerprint density at radius 1 is 1.00 bits per heavy atom. The van der Waals surface area contributed by atoms with E-state index in [2.05, 4.69) is 35.6 Å². The number of hydrogen-bond donors (Lipinski definition) is 2. The summed E-state index contributed by atoms with van der Waals surface area (Å²) in [6.45, 7) is 0. The molecule has 17 nitrogen and oxygen atoms in total. The van der Waals surface area contributed by atoms with E-state index in [9.17, 15) is 40.6 Å². The SMILES string of the molecule is O=C([O-])C1=NN(c2ccc(S(=O)(=O)[O-])cc2)C(=O)C1N=Nc1ccc(Nc2nc(Cl)nc(Cl)n2)cc1S(=O)(=O)O.[Na+].[Na+]. The third-order valence-electron chi connectivity index (χ3n) is 4.84. The van der Waals surface area contributed by atoms with E-state index in [-0.39, 0.29) is 87.0 Å². The Kier molecular flexibility index (Phi) is 12.1. The Morgan fingerprint density at radius 2 is 1.60 bits per heavy atom. The molecule has 42 heavy (non-hydrogen) atoms. The number of amides is 1. The molecule has 1 unspecified atom stereocenters. The summed E-state index contributed by atoms with van der Waals surface area (Å²) in [5, 5.41) is 25.0. The zero-order chi connectivity index (χ0) is 29.4.